The van der Waals surface area contributed by atoms with Gasteiger partial charge in [-0.1, -0.05) is 49.7 Å². The first-order valence-corrected chi connectivity index (χ1v) is 11.4. The Morgan fingerprint density at radius 3 is 2.24 bits per heavy atom. The lowest BCUT2D eigenvalue weighted by Crippen LogP contribution is -2.58. The Morgan fingerprint density at radius 1 is 1.10 bits per heavy atom. The number of hydrogen-bond acceptors (Lipinski definition) is 4. The second kappa shape index (κ2) is 8.44. The molecule has 1 fully saturated rings. The van der Waals surface area contributed by atoms with Crippen LogP contribution in [0.2, 0.25) is 5.02 Å². The fourth-order valence-electron chi connectivity index (χ4n) is 3.35. The minimum Gasteiger partial charge on any atom is -0.324 e. The van der Waals surface area contributed by atoms with Crippen molar-refractivity contribution in [2.24, 2.45) is 5.73 Å². The van der Waals surface area contributed by atoms with Gasteiger partial charge < -0.3 is 11.1 Å². The van der Waals surface area contributed by atoms with Gasteiger partial charge in [0.1, 0.15) is 4.90 Å². The third kappa shape index (κ3) is 4.64. The normalized spacial score (nSPS) is 17.3. The molecule has 0 aliphatic carbocycles. The van der Waals surface area contributed by atoms with Crippen molar-refractivity contribution in [2.75, 3.05) is 18.4 Å². The van der Waals surface area contributed by atoms with Gasteiger partial charge in [0, 0.05) is 18.8 Å². The number of anilines is 1. The Labute approximate surface area is 177 Å². The average Bonchev–Trinajstić information content (AvgIpc) is 2.69. The fraction of sp³-hybridized carbons (Fsp3) is 0.381. The van der Waals surface area contributed by atoms with Gasteiger partial charge in [-0.15, -0.1) is 0 Å². The molecule has 1 heterocycles. The van der Waals surface area contributed by atoms with E-state index in [2.05, 4.69) is 19.2 Å². The number of halogens is 1. The predicted molar refractivity (Wildman–Crippen MR) is 116 cm³/mol. The van der Waals surface area contributed by atoms with Crippen molar-refractivity contribution in [2.45, 2.75) is 43.0 Å². The number of carbonyl (C=O) groups excluding carboxylic acids is 1. The van der Waals surface area contributed by atoms with E-state index < -0.39 is 15.6 Å². The van der Waals surface area contributed by atoms with Gasteiger partial charge in [0.25, 0.3) is 0 Å². The van der Waals surface area contributed by atoms with E-state index >= 15 is 0 Å². The van der Waals surface area contributed by atoms with Crippen LogP contribution in [0.1, 0.15) is 38.2 Å². The quantitative estimate of drug-likeness (QED) is 0.750. The van der Waals surface area contributed by atoms with E-state index in [1.54, 1.807) is 18.2 Å². The molecule has 29 heavy (non-hydrogen) atoms. The van der Waals surface area contributed by atoms with Gasteiger partial charge in [0.2, 0.25) is 15.9 Å². The molecule has 0 radical (unpaired) electrons. The van der Waals surface area contributed by atoms with Crippen LogP contribution in [0.5, 0.6) is 0 Å². The summed E-state index contributed by atoms with van der Waals surface area (Å²) in [5, 5.41) is 3.04. The first-order valence-electron chi connectivity index (χ1n) is 9.58. The molecule has 8 heteroatoms. The SMILES string of the molecule is CC(C)c1ccc(NC(=O)C2(N)CCN(S(=O)(=O)c3ccccc3Cl)CC2)cc1. The number of sulfonamides is 1. The summed E-state index contributed by atoms with van der Waals surface area (Å²) >= 11 is 6.06. The zero-order chi connectivity index (χ0) is 21.2. The average molecular weight is 436 g/mol. The number of amides is 1. The molecule has 3 N–H and O–H groups in total. The summed E-state index contributed by atoms with van der Waals surface area (Å²) in [6.45, 7) is 4.52. The van der Waals surface area contributed by atoms with Gasteiger partial charge in [0.05, 0.1) is 10.6 Å². The highest BCUT2D eigenvalue weighted by molar-refractivity contribution is 7.89. The van der Waals surface area contributed by atoms with Gasteiger partial charge >= 0.3 is 0 Å². The largest absolute Gasteiger partial charge is 0.324 e. The van der Waals surface area contributed by atoms with E-state index in [0.29, 0.717) is 11.6 Å². The zero-order valence-corrected chi connectivity index (χ0v) is 18.1. The summed E-state index contributed by atoms with van der Waals surface area (Å²) in [7, 11) is -3.73. The highest BCUT2D eigenvalue weighted by atomic mass is 35.5. The predicted octanol–water partition coefficient (Wildman–Crippen LogP) is 3.58. The molecule has 2 aromatic carbocycles. The molecule has 6 nitrogen and oxygen atoms in total. The van der Waals surface area contributed by atoms with Crippen LogP contribution in [0.15, 0.2) is 53.4 Å². The van der Waals surface area contributed by atoms with Crippen LogP contribution in [-0.4, -0.2) is 37.3 Å². The number of piperidine rings is 1. The minimum atomic E-state index is -3.73. The Balaban J connectivity index is 1.67. The van der Waals surface area contributed by atoms with Crippen LogP contribution in [0, 0.1) is 0 Å². The number of benzene rings is 2. The molecule has 0 unspecified atom stereocenters. The number of hydrogen-bond donors (Lipinski definition) is 2. The molecule has 1 saturated heterocycles. The van der Waals surface area contributed by atoms with Crippen LogP contribution < -0.4 is 11.1 Å². The van der Waals surface area contributed by atoms with E-state index in [1.165, 1.54) is 15.9 Å². The molecule has 0 saturated carbocycles. The summed E-state index contributed by atoms with van der Waals surface area (Å²) < 4.78 is 27.1. The molecule has 2 aromatic rings. The zero-order valence-electron chi connectivity index (χ0n) is 16.6. The van der Waals surface area contributed by atoms with Crippen molar-refractivity contribution in [3.05, 3.63) is 59.1 Å². The lowest BCUT2D eigenvalue weighted by atomic mass is 9.88. The number of rotatable bonds is 5. The summed E-state index contributed by atoms with van der Waals surface area (Å²) in [5.41, 5.74) is 7.08. The van der Waals surface area contributed by atoms with E-state index in [0.717, 1.165) is 0 Å². The van der Waals surface area contributed by atoms with E-state index in [4.69, 9.17) is 17.3 Å². The second-order valence-electron chi connectivity index (χ2n) is 7.72. The highest BCUT2D eigenvalue weighted by Crippen LogP contribution is 2.29. The first-order chi connectivity index (χ1) is 13.6. The maximum Gasteiger partial charge on any atom is 0.244 e. The third-order valence-corrected chi connectivity index (χ3v) is 7.75. The van der Waals surface area contributed by atoms with E-state index in [9.17, 15) is 13.2 Å². The summed E-state index contributed by atoms with van der Waals surface area (Å²) in [5.74, 6) is 0.106. The lowest BCUT2D eigenvalue weighted by molar-refractivity contribution is -0.122. The molecule has 0 bridgehead atoms. The molecule has 1 aliphatic rings. The lowest BCUT2D eigenvalue weighted by Gasteiger charge is -2.37. The van der Waals surface area contributed by atoms with Crippen molar-refractivity contribution in [1.29, 1.82) is 0 Å². The summed E-state index contributed by atoms with van der Waals surface area (Å²) in [4.78, 5) is 12.8. The monoisotopic (exact) mass is 435 g/mol. The van der Waals surface area contributed by atoms with Gasteiger partial charge in [-0.25, -0.2) is 8.42 Å². The number of nitrogens with one attached hydrogen (secondary N) is 1. The molecule has 156 valence electrons. The molecule has 1 aliphatic heterocycles. The molecular formula is C21H26ClN3O3S. The van der Waals surface area contributed by atoms with Gasteiger partial charge in [-0.3, -0.25) is 4.79 Å². The van der Waals surface area contributed by atoms with Crippen LogP contribution in [0.4, 0.5) is 5.69 Å². The molecule has 0 spiro atoms. The van der Waals surface area contributed by atoms with Gasteiger partial charge in [0.15, 0.2) is 0 Å². The molecule has 0 atom stereocenters. The van der Waals surface area contributed by atoms with Gasteiger partial charge in [-0.2, -0.15) is 4.31 Å². The maximum atomic E-state index is 12.9. The molecule has 3 rings (SSSR count). The van der Waals surface area contributed by atoms with Crippen molar-refractivity contribution in [3.8, 4) is 0 Å². The Kier molecular flexibility index (Phi) is 6.33. The number of carbonyl (C=O) groups is 1. The van der Waals surface area contributed by atoms with Gasteiger partial charge in [-0.05, 0) is 48.6 Å². The van der Waals surface area contributed by atoms with Crippen molar-refractivity contribution in [3.63, 3.8) is 0 Å². The van der Waals surface area contributed by atoms with Crippen LogP contribution in [0.3, 0.4) is 0 Å². The fourth-order valence-corrected chi connectivity index (χ4v) is 5.29. The van der Waals surface area contributed by atoms with Crippen molar-refractivity contribution < 1.29 is 13.2 Å². The standard InChI is InChI=1S/C21H26ClN3O3S/c1-15(2)16-7-9-17(10-8-16)24-20(26)21(23)11-13-25(14-12-21)29(27,28)19-6-4-3-5-18(19)22/h3-10,15H,11-14,23H2,1-2H3,(H,24,26). The van der Waals surface area contributed by atoms with Crippen molar-refractivity contribution >= 4 is 33.2 Å². The topological polar surface area (TPSA) is 92.5 Å². The van der Waals surface area contributed by atoms with E-state index in [1.807, 2.05) is 24.3 Å². The second-order valence-corrected chi connectivity index (χ2v) is 10.0. The Bertz CT molecular complexity index is 982. The van der Waals surface area contributed by atoms with E-state index in [-0.39, 0.29) is 41.8 Å². The Hall–Kier alpha value is -1.93. The molecular weight excluding hydrogens is 410 g/mol. The maximum absolute atomic E-state index is 12.9. The smallest absolute Gasteiger partial charge is 0.244 e. The first kappa shape index (κ1) is 21.8. The van der Waals surface area contributed by atoms with Crippen LogP contribution in [0.25, 0.3) is 0 Å². The number of nitrogens with zero attached hydrogens (tertiary/aromatic N) is 1. The molecule has 1 amide bonds. The highest BCUT2D eigenvalue weighted by Gasteiger charge is 2.41. The van der Waals surface area contributed by atoms with Crippen LogP contribution >= 0.6 is 11.6 Å². The third-order valence-electron chi connectivity index (χ3n) is 5.36. The Morgan fingerprint density at radius 2 is 1.69 bits per heavy atom. The van der Waals surface area contributed by atoms with Crippen molar-refractivity contribution in [1.82, 2.24) is 4.31 Å². The minimum absolute atomic E-state index is 0.0703. The summed E-state index contributed by atoms with van der Waals surface area (Å²) in [6, 6.07) is 14.0. The van der Waals surface area contributed by atoms with Crippen LogP contribution in [-0.2, 0) is 14.8 Å². The number of nitrogens with two attached hydrogens (primary N) is 1. The summed E-state index contributed by atoms with van der Waals surface area (Å²) in [6.07, 6.45) is 0.458. The molecule has 0 aromatic heterocycles.